The molecule has 1 rings (SSSR count). The van der Waals surface area contributed by atoms with E-state index in [9.17, 15) is 9.59 Å². The van der Waals surface area contributed by atoms with Crippen LogP contribution in [0.15, 0.2) is 24.3 Å². The minimum atomic E-state index is -0.880. The molecular formula is C14H21N3O2. The molecule has 1 aromatic rings. The molecular weight excluding hydrogens is 242 g/mol. The van der Waals surface area contributed by atoms with E-state index < -0.39 is 5.54 Å². The zero-order valence-electron chi connectivity index (χ0n) is 11.6. The molecule has 2 amide bonds. The molecule has 0 bridgehead atoms. The lowest BCUT2D eigenvalue weighted by molar-refractivity contribution is -0.120. The third-order valence-electron chi connectivity index (χ3n) is 3.00. The number of hydrogen-bond donors (Lipinski definition) is 3. The Morgan fingerprint density at radius 1 is 1.11 bits per heavy atom. The summed E-state index contributed by atoms with van der Waals surface area (Å²) in [5.41, 5.74) is 6.33. The number of benzene rings is 1. The van der Waals surface area contributed by atoms with Crippen LogP contribution in [-0.2, 0) is 9.59 Å². The fourth-order valence-electron chi connectivity index (χ4n) is 1.32. The normalized spacial score (nSPS) is 13.5. The highest BCUT2D eigenvalue weighted by Gasteiger charge is 2.25. The maximum absolute atomic E-state index is 11.9. The first kappa shape index (κ1) is 15.2. The number of carbonyl (C=O) groups is 2. The zero-order chi connectivity index (χ0) is 14.5. The van der Waals surface area contributed by atoms with Crippen molar-refractivity contribution in [3.63, 3.8) is 0 Å². The Kier molecular flexibility index (Phi) is 5.06. The predicted molar refractivity (Wildman–Crippen MR) is 76.9 cm³/mol. The smallest absolute Gasteiger partial charge is 0.244 e. The summed E-state index contributed by atoms with van der Waals surface area (Å²) in [5.74, 6) is -0.266. The third-order valence-corrected chi connectivity index (χ3v) is 3.00. The average molecular weight is 263 g/mol. The van der Waals surface area contributed by atoms with Crippen molar-refractivity contribution < 1.29 is 9.59 Å². The van der Waals surface area contributed by atoms with Gasteiger partial charge < -0.3 is 16.4 Å². The van der Waals surface area contributed by atoms with Crippen LogP contribution in [-0.4, -0.2) is 17.4 Å². The highest BCUT2D eigenvalue weighted by Crippen LogP contribution is 2.16. The van der Waals surface area contributed by atoms with Gasteiger partial charge in [0, 0.05) is 17.8 Å². The molecule has 0 aromatic heterocycles. The van der Waals surface area contributed by atoms with Crippen molar-refractivity contribution in [2.75, 3.05) is 10.6 Å². The van der Waals surface area contributed by atoms with E-state index in [1.807, 2.05) is 6.92 Å². The maximum atomic E-state index is 11.9. The van der Waals surface area contributed by atoms with Crippen molar-refractivity contribution in [3.8, 4) is 0 Å². The van der Waals surface area contributed by atoms with Gasteiger partial charge in [0.05, 0.1) is 5.54 Å². The van der Waals surface area contributed by atoms with Gasteiger partial charge >= 0.3 is 0 Å². The first-order valence-electron chi connectivity index (χ1n) is 6.39. The van der Waals surface area contributed by atoms with E-state index in [4.69, 9.17) is 5.73 Å². The molecule has 4 N–H and O–H groups in total. The van der Waals surface area contributed by atoms with Crippen LogP contribution in [0, 0.1) is 0 Å². The van der Waals surface area contributed by atoms with E-state index in [0.29, 0.717) is 24.2 Å². The Labute approximate surface area is 113 Å². The lowest BCUT2D eigenvalue weighted by atomic mass is 9.99. The number of carbonyl (C=O) groups excluding carboxylic acids is 2. The van der Waals surface area contributed by atoms with Gasteiger partial charge in [0.1, 0.15) is 0 Å². The van der Waals surface area contributed by atoms with E-state index in [0.717, 1.165) is 0 Å². The molecule has 0 saturated carbocycles. The quantitative estimate of drug-likeness (QED) is 0.760. The number of anilines is 2. The average Bonchev–Trinajstić information content (AvgIpc) is 2.40. The standard InChI is InChI=1S/C14H21N3O2/c1-4-12(18)16-10-6-8-11(9-7-10)17-13(19)14(3,15)5-2/h6-9H,4-5,15H2,1-3H3,(H,16,18)(H,17,19). The van der Waals surface area contributed by atoms with Gasteiger partial charge in [0.2, 0.25) is 11.8 Å². The van der Waals surface area contributed by atoms with Crippen LogP contribution in [0.5, 0.6) is 0 Å². The molecule has 0 aliphatic heterocycles. The molecule has 19 heavy (non-hydrogen) atoms. The van der Waals surface area contributed by atoms with Crippen LogP contribution in [0.2, 0.25) is 0 Å². The molecule has 0 aliphatic carbocycles. The van der Waals surface area contributed by atoms with Crippen LogP contribution in [0.1, 0.15) is 33.6 Å². The fourth-order valence-corrected chi connectivity index (χ4v) is 1.32. The van der Waals surface area contributed by atoms with Crippen molar-refractivity contribution in [2.45, 2.75) is 39.2 Å². The fraction of sp³-hybridized carbons (Fsp3) is 0.429. The lowest BCUT2D eigenvalue weighted by Crippen LogP contribution is -2.47. The second-order valence-electron chi connectivity index (χ2n) is 4.70. The molecule has 1 unspecified atom stereocenters. The van der Waals surface area contributed by atoms with Gasteiger partial charge in [-0.1, -0.05) is 13.8 Å². The zero-order valence-corrected chi connectivity index (χ0v) is 11.6. The molecule has 0 heterocycles. The molecule has 1 aromatic carbocycles. The van der Waals surface area contributed by atoms with Gasteiger partial charge in [0.15, 0.2) is 0 Å². The predicted octanol–water partition coefficient (Wildman–Crippen LogP) is 2.10. The molecule has 5 heteroatoms. The first-order valence-corrected chi connectivity index (χ1v) is 6.39. The molecule has 0 radical (unpaired) electrons. The van der Waals surface area contributed by atoms with Gasteiger partial charge in [0.25, 0.3) is 0 Å². The first-order chi connectivity index (χ1) is 8.89. The monoisotopic (exact) mass is 263 g/mol. The summed E-state index contributed by atoms with van der Waals surface area (Å²) in [6, 6.07) is 6.94. The minimum Gasteiger partial charge on any atom is -0.326 e. The molecule has 0 aliphatic rings. The van der Waals surface area contributed by atoms with Crippen LogP contribution in [0.25, 0.3) is 0 Å². The molecule has 1 atom stereocenters. The number of rotatable bonds is 5. The summed E-state index contributed by atoms with van der Waals surface area (Å²) in [6.07, 6.45) is 0.990. The number of amides is 2. The molecule has 0 fully saturated rings. The third kappa shape index (κ3) is 4.37. The summed E-state index contributed by atoms with van der Waals surface area (Å²) >= 11 is 0. The van der Waals surface area contributed by atoms with Crippen molar-refractivity contribution in [1.82, 2.24) is 0 Å². The van der Waals surface area contributed by atoms with Gasteiger partial charge in [-0.05, 0) is 37.6 Å². The van der Waals surface area contributed by atoms with Gasteiger partial charge in [-0.2, -0.15) is 0 Å². The highest BCUT2D eigenvalue weighted by atomic mass is 16.2. The number of nitrogens with one attached hydrogen (secondary N) is 2. The Bertz CT molecular complexity index is 452. The molecule has 104 valence electrons. The van der Waals surface area contributed by atoms with Crippen LogP contribution < -0.4 is 16.4 Å². The highest BCUT2D eigenvalue weighted by molar-refractivity contribution is 5.98. The number of hydrogen-bond acceptors (Lipinski definition) is 3. The van der Waals surface area contributed by atoms with Crippen LogP contribution in [0.4, 0.5) is 11.4 Å². The van der Waals surface area contributed by atoms with Gasteiger partial charge in [-0.3, -0.25) is 9.59 Å². The SMILES string of the molecule is CCC(=O)Nc1ccc(NC(=O)C(C)(N)CC)cc1. The van der Waals surface area contributed by atoms with Crippen molar-refractivity contribution in [1.29, 1.82) is 0 Å². The summed E-state index contributed by atoms with van der Waals surface area (Å²) in [5, 5.41) is 5.49. The Balaban J connectivity index is 2.67. The van der Waals surface area contributed by atoms with Gasteiger partial charge in [-0.25, -0.2) is 0 Å². The molecule has 0 saturated heterocycles. The van der Waals surface area contributed by atoms with E-state index in [-0.39, 0.29) is 11.8 Å². The van der Waals surface area contributed by atoms with E-state index in [1.165, 1.54) is 0 Å². The molecule has 5 nitrogen and oxygen atoms in total. The second kappa shape index (κ2) is 6.33. The van der Waals surface area contributed by atoms with E-state index in [1.54, 1.807) is 38.1 Å². The minimum absolute atomic E-state index is 0.0442. The topological polar surface area (TPSA) is 84.2 Å². The summed E-state index contributed by atoms with van der Waals surface area (Å²) in [7, 11) is 0. The van der Waals surface area contributed by atoms with E-state index in [2.05, 4.69) is 10.6 Å². The van der Waals surface area contributed by atoms with Crippen molar-refractivity contribution >= 4 is 23.2 Å². The summed E-state index contributed by atoms with van der Waals surface area (Å²) in [4.78, 5) is 23.1. The summed E-state index contributed by atoms with van der Waals surface area (Å²) < 4.78 is 0. The van der Waals surface area contributed by atoms with Crippen molar-refractivity contribution in [2.24, 2.45) is 5.73 Å². The van der Waals surface area contributed by atoms with Crippen LogP contribution in [0.3, 0.4) is 0 Å². The number of nitrogens with two attached hydrogens (primary N) is 1. The lowest BCUT2D eigenvalue weighted by Gasteiger charge is -2.21. The molecule has 0 spiro atoms. The second-order valence-corrected chi connectivity index (χ2v) is 4.70. The van der Waals surface area contributed by atoms with E-state index >= 15 is 0 Å². The Morgan fingerprint density at radius 3 is 2.00 bits per heavy atom. The van der Waals surface area contributed by atoms with Gasteiger partial charge in [-0.15, -0.1) is 0 Å². The van der Waals surface area contributed by atoms with Crippen LogP contribution >= 0.6 is 0 Å². The largest absolute Gasteiger partial charge is 0.326 e. The Morgan fingerprint density at radius 2 is 1.58 bits per heavy atom. The van der Waals surface area contributed by atoms with Crippen molar-refractivity contribution in [3.05, 3.63) is 24.3 Å². The Hall–Kier alpha value is -1.88. The maximum Gasteiger partial charge on any atom is 0.244 e. The summed E-state index contributed by atoms with van der Waals surface area (Å²) in [6.45, 7) is 5.35.